The summed E-state index contributed by atoms with van der Waals surface area (Å²) in [6.45, 7) is 2.89. The third-order valence-corrected chi connectivity index (χ3v) is 6.27. The maximum absolute atomic E-state index is 13.2. The van der Waals surface area contributed by atoms with E-state index in [1.54, 1.807) is 32.4 Å². The Hall–Kier alpha value is -2.24. The molecule has 2 heterocycles. The molecular weight excluding hydrogens is 344 g/mol. The Morgan fingerprint density at radius 2 is 2.00 bits per heavy atom. The number of carbonyl (C=O) groups excluding carboxylic acids is 2. The van der Waals surface area contributed by atoms with Crippen LogP contribution in [0.3, 0.4) is 0 Å². The summed E-state index contributed by atoms with van der Waals surface area (Å²) in [6.07, 6.45) is 5.16. The minimum Gasteiger partial charge on any atom is -0.493 e. The molecule has 3 aliphatic rings. The van der Waals surface area contributed by atoms with E-state index >= 15 is 0 Å². The maximum atomic E-state index is 13.2. The molecule has 2 aliphatic heterocycles. The number of amides is 2. The summed E-state index contributed by atoms with van der Waals surface area (Å²) in [7, 11) is 3.10. The van der Waals surface area contributed by atoms with Gasteiger partial charge in [-0.15, -0.1) is 0 Å². The normalized spacial score (nSPS) is 25.2. The fraction of sp³-hybridized carbons (Fsp3) is 0.619. The molecule has 6 heteroatoms. The smallest absolute Gasteiger partial charge is 0.257 e. The lowest BCUT2D eigenvalue weighted by Crippen LogP contribution is -2.50. The number of nitrogens with zero attached hydrogens (tertiary/aromatic N) is 2. The molecule has 0 radical (unpaired) electrons. The highest BCUT2D eigenvalue weighted by Crippen LogP contribution is 2.42. The van der Waals surface area contributed by atoms with Gasteiger partial charge in [-0.3, -0.25) is 9.59 Å². The molecule has 1 spiro atoms. The van der Waals surface area contributed by atoms with E-state index in [2.05, 4.69) is 4.90 Å². The van der Waals surface area contributed by atoms with Crippen LogP contribution in [0.2, 0.25) is 0 Å². The van der Waals surface area contributed by atoms with Crippen LogP contribution in [-0.4, -0.2) is 62.0 Å². The van der Waals surface area contributed by atoms with Gasteiger partial charge in [-0.2, -0.15) is 0 Å². The first-order chi connectivity index (χ1) is 13.1. The summed E-state index contributed by atoms with van der Waals surface area (Å²) in [5, 5.41) is 0. The van der Waals surface area contributed by atoms with Crippen molar-refractivity contribution in [2.45, 2.75) is 32.1 Å². The van der Waals surface area contributed by atoms with E-state index < -0.39 is 5.41 Å². The highest BCUT2D eigenvalue weighted by Gasteiger charge is 2.50. The Balaban J connectivity index is 1.52. The summed E-state index contributed by atoms with van der Waals surface area (Å²) in [6, 6.07) is 5.34. The SMILES string of the molecule is COc1cccc(C(=O)N2CCC3(CCCN(CC4CC4)C3=O)C2)c1OC. The number of rotatable bonds is 5. The lowest BCUT2D eigenvalue weighted by molar-refractivity contribution is -0.145. The lowest BCUT2D eigenvalue weighted by atomic mass is 9.78. The third kappa shape index (κ3) is 3.26. The summed E-state index contributed by atoms with van der Waals surface area (Å²) < 4.78 is 10.7. The van der Waals surface area contributed by atoms with E-state index in [1.807, 2.05) is 4.90 Å². The lowest BCUT2D eigenvalue weighted by Gasteiger charge is -2.39. The van der Waals surface area contributed by atoms with Gasteiger partial charge in [0.05, 0.1) is 25.2 Å². The molecule has 146 valence electrons. The van der Waals surface area contributed by atoms with Crippen LogP contribution >= 0.6 is 0 Å². The van der Waals surface area contributed by atoms with Gasteiger partial charge in [0.15, 0.2) is 11.5 Å². The molecule has 1 aliphatic carbocycles. The van der Waals surface area contributed by atoms with Crippen LogP contribution in [0.15, 0.2) is 18.2 Å². The summed E-state index contributed by atoms with van der Waals surface area (Å²) in [5.41, 5.74) is 0.0986. The van der Waals surface area contributed by atoms with Crippen LogP contribution in [0.4, 0.5) is 0 Å². The largest absolute Gasteiger partial charge is 0.493 e. The van der Waals surface area contributed by atoms with Gasteiger partial charge in [0, 0.05) is 26.2 Å². The van der Waals surface area contributed by atoms with E-state index in [-0.39, 0.29) is 11.8 Å². The van der Waals surface area contributed by atoms with Crippen molar-refractivity contribution in [2.75, 3.05) is 40.4 Å². The summed E-state index contributed by atoms with van der Waals surface area (Å²) in [4.78, 5) is 30.2. The van der Waals surface area contributed by atoms with Crippen LogP contribution in [0.5, 0.6) is 11.5 Å². The zero-order valence-corrected chi connectivity index (χ0v) is 16.2. The van der Waals surface area contributed by atoms with Crippen molar-refractivity contribution in [1.82, 2.24) is 9.80 Å². The first kappa shape index (κ1) is 18.1. The van der Waals surface area contributed by atoms with Crippen LogP contribution < -0.4 is 9.47 Å². The number of benzene rings is 1. The van der Waals surface area contributed by atoms with E-state index in [4.69, 9.17) is 9.47 Å². The van der Waals surface area contributed by atoms with Crippen molar-refractivity contribution in [3.05, 3.63) is 23.8 Å². The number of likely N-dealkylation sites (tertiary alicyclic amines) is 2. The standard InChI is InChI=1S/C21H28N2O4/c1-26-17-6-3-5-16(18(17)27-2)19(24)23-12-10-21(14-23)9-4-11-22(20(21)25)13-15-7-8-15/h3,5-6,15H,4,7-14H2,1-2H3. The Morgan fingerprint density at radius 1 is 1.19 bits per heavy atom. The molecule has 1 saturated carbocycles. The summed E-state index contributed by atoms with van der Waals surface area (Å²) >= 11 is 0. The van der Waals surface area contributed by atoms with E-state index in [0.29, 0.717) is 36.1 Å². The van der Waals surface area contributed by atoms with Gasteiger partial charge in [-0.1, -0.05) is 6.07 Å². The molecule has 0 N–H and O–H groups in total. The Bertz CT molecular complexity index is 746. The number of methoxy groups -OCH3 is 2. The second-order valence-electron chi connectivity index (χ2n) is 8.10. The highest BCUT2D eigenvalue weighted by atomic mass is 16.5. The fourth-order valence-corrected chi connectivity index (χ4v) is 4.59. The van der Waals surface area contributed by atoms with Gasteiger partial charge in [0.2, 0.25) is 5.91 Å². The Morgan fingerprint density at radius 3 is 2.70 bits per heavy atom. The van der Waals surface area contributed by atoms with Gasteiger partial charge >= 0.3 is 0 Å². The van der Waals surface area contributed by atoms with Crippen molar-refractivity contribution in [3.63, 3.8) is 0 Å². The number of hydrogen-bond donors (Lipinski definition) is 0. The van der Waals surface area contributed by atoms with E-state index in [0.717, 1.165) is 32.4 Å². The van der Waals surface area contributed by atoms with E-state index in [9.17, 15) is 9.59 Å². The third-order valence-electron chi connectivity index (χ3n) is 6.27. The second-order valence-corrected chi connectivity index (χ2v) is 8.10. The molecule has 4 rings (SSSR count). The number of ether oxygens (including phenoxy) is 2. The Kier molecular flexibility index (Phi) is 4.74. The monoisotopic (exact) mass is 372 g/mol. The number of carbonyl (C=O) groups is 2. The topological polar surface area (TPSA) is 59.1 Å². The minimum atomic E-state index is -0.394. The van der Waals surface area contributed by atoms with Gasteiger partial charge in [-0.25, -0.2) is 0 Å². The molecule has 1 aromatic rings. The highest BCUT2D eigenvalue weighted by molar-refractivity contribution is 5.98. The molecule has 0 aromatic heterocycles. The number of piperidine rings is 1. The van der Waals surface area contributed by atoms with Crippen molar-refractivity contribution >= 4 is 11.8 Å². The predicted octanol–water partition coefficient (Wildman–Crippen LogP) is 2.57. The molecular formula is C21H28N2O4. The van der Waals surface area contributed by atoms with Crippen molar-refractivity contribution < 1.29 is 19.1 Å². The Labute approximate surface area is 160 Å². The second kappa shape index (κ2) is 7.06. The van der Waals surface area contributed by atoms with Crippen LogP contribution in [0, 0.1) is 11.3 Å². The number of para-hydroxylation sites is 1. The first-order valence-electron chi connectivity index (χ1n) is 9.87. The molecule has 6 nitrogen and oxygen atoms in total. The van der Waals surface area contributed by atoms with Crippen molar-refractivity contribution in [1.29, 1.82) is 0 Å². The van der Waals surface area contributed by atoms with Crippen LogP contribution in [0.1, 0.15) is 42.5 Å². The molecule has 3 fully saturated rings. The number of hydrogen-bond acceptors (Lipinski definition) is 4. The maximum Gasteiger partial charge on any atom is 0.257 e. The van der Waals surface area contributed by atoms with Crippen LogP contribution in [-0.2, 0) is 4.79 Å². The van der Waals surface area contributed by atoms with Crippen LogP contribution in [0.25, 0.3) is 0 Å². The minimum absolute atomic E-state index is 0.0882. The zero-order valence-electron chi connectivity index (χ0n) is 16.2. The molecule has 1 unspecified atom stereocenters. The average molecular weight is 372 g/mol. The quantitative estimate of drug-likeness (QED) is 0.797. The van der Waals surface area contributed by atoms with Gasteiger partial charge < -0.3 is 19.3 Å². The van der Waals surface area contributed by atoms with Crippen molar-refractivity contribution in [3.8, 4) is 11.5 Å². The van der Waals surface area contributed by atoms with Crippen molar-refractivity contribution in [2.24, 2.45) is 11.3 Å². The molecule has 2 saturated heterocycles. The molecule has 1 aromatic carbocycles. The van der Waals surface area contributed by atoms with Gasteiger partial charge in [0.1, 0.15) is 0 Å². The van der Waals surface area contributed by atoms with Gasteiger partial charge in [0.25, 0.3) is 5.91 Å². The molecule has 2 amide bonds. The molecule has 27 heavy (non-hydrogen) atoms. The predicted molar refractivity (Wildman–Crippen MR) is 101 cm³/mol. The molecule has 0 bridgehead atoms. The molecule has 1 atom stereocenters. The first-order valence-corrected chi connectivity index (χ1v) is 9.87. The van der Waals surface area contributed by atoms with E-state index in [1.165, 1.54) is 12.8 Å². The summed E-state index contributed by atoms with van der Waals surface area (Å²) in [5.74, 6) is 1.87. The zero-order chi connectivity index (χ0) is 19.0. The van der Waals surface area contributed by atoms with Gasteiger partial charge in [-0.05, 0) is 50.2 Å². The average Bonchev–Trinajstić information content (AvgIpc) is 3.41. The fourth-order valence-electron chi connectivity index (χ4n) is 4.59.